The van der Waals surface area contributed by atoms with Gasteiger partial charge in [-0.3, -0.25) is 4.98 Å². The first-order valence-corrected chi connectivity index (χ1v) is 7.09. The van der Waals surface area contributed by atoms with Crippen LogP contribution >= 0.6 is 23.3 Å². The van der Waals surface area contributed by atoms with Crippen molar-refractivity contribution in [3.8, 4) is 0 Å². The molecule has 0 aliphatic carbocycles. The van der Waals surface area contributed by atoms with Crippen molar-refractivity contribution in [1.29, 1.82) is 0 Å². The van der Waals surface area contributed by atoms with Gasteiger partial charge >= 0.3 is 0 Å². The van der Waals surface area contributed by atoms with Crippen molar-refractivity contribution < 1.29 is 0 Å². The normalized spacial score (nSPS) is 12.6. The number of rotatable bonds is 5. The maximum atomic E-state index is 5.79. The van der Waals surface area contributed by atoms with E-state index in [1.165, 1.54) is 11.5 Å². The Morgan fingerprint density at radius 2 is 2.35 bits per heavy atom. The van der Waals surface area contributed by atoms with E-state index in [-0.39, 0.29) is 5.25 Å². The van der Waals surface area contributed by atoms with Crippen molar-refractivity contribution in [3.05, 3.63) is 35.9 Å². The van der Waals surface area contributed by atoms with Crippen LogP contribution in [0.25, 0.3) is 0 Å². The first kappa shape index (κ1) is 12.5. The third kappa shape index (κ3) is 3.24. The van der Waals surface area contributed by atoms with Crippen molar-refractivity contribution in [3.63, 3.8) is 0 Å². The van der Waals surface area contributed by atoms with Crippen LogP contribution in [0.5, 0.6) is 0 Å². The van der Waals surface area contributed by atoms with Crippen molar-refractivity contribution >= 4 is 23.3 Å². The van der Waals surface area contributed by atoms with Crippen molar-refractivity contribution in [2.45, 2.75) is 22.9 Å². The van der Waals surface area contributed by atoms with Gasteiger partial charge in [0.2, 0.25) is 0 Å². The minimum absolute atomic E-state index is 0.147. The standard InChI is InChI=1S/C11H14N4S2/c1-2-10-14-11(17-15-10)16-9(7-12)8-5-3-4-6-13-8/h3-6,9H,2,7,12H2,1H3. The van der Waals surface area contributed by atoms with Gasteiger partial charge < -0.3 is 5.73 Å². The monoisotopic (exact) mass is 266 g/mol. The summed E-state index contributed by atoms with van der Waals surface area (Å²) in [6.07, 6.45) is 2.66. The topological polar surface area (TPSA) is 64.7 Å². The van der Waals surface area contributed by atoms with Gasteiger partial charge in [-0.05, 0) is 23.7 Å². The highest BCUT2D eigenvalue weighted by molar-refractivity contribution is 8.01. The smallest absolute Gasteiger partial charge is 0.170 e. The Hall–Kier alpha value is -0.980. The summed E-state index contributed by atoms with van der Waals surface area (Å²) in [5, 5.41) is 0.147. The molecule has 0 saturated heterocycles. The zero-order chi connectivity index (χ0) is 12.1. The van der Waals surface area contributed by atoms with Gasteiger partial charge in [-0.2, -0.15) is 4.37 Å². The van der Waals surface area contributed by atoms with Crippen molar-refractivity contribution in [1.82, 2.24) is 14.3 Å². The quantitative estimate of drug-likeness (QED) is 0.841. The fourth-order valence-electron chi connectivity index (χ4n) is 1.35. The van der Waals surface area contributed by atoms with Crippen LogP contribution in [0.1, 0.15) is 23.7 Å². The molecule has 6 heteroatoms. The van der Waals surface area contributed by atoms with E-state index >= 15 is 0 Å². The molecule has 0 aromatic carbocycles. The highest BCUT2D eigenvalue weighted by Crippen LogP contribution is 2.34. The summed E-state index contributed by atoms with van der Waals surface area (Å²) >= 11 is 3.07. The number of aryl methyl sites for hydroxylation is 1. The number of thioether (sulfide) groups is 1. The second kappa shape index (κ2) is 6.09. The van der Waals surface area contributed by atoms with Crippen LogP contribution in [-0.4, -0.2) is 20.9 Å². The van der Waals surface area contributed by atoms with E-state index < -0.39 is 0 Å². The number of aromatic nitrogens is 3. The third-order valence-electron chi connectivity index (χ3n) is 2.24. The molecule has 0 spiro atoms. The van der Waals surface area contributed by atoms with E-state index in [1.54, 1.807) is 18.0 Å². The first-order chi connectivity index (χ1) is 8.33. The lowest BCUT2D eigenvalue weighted by Gasteiger charge is -2.10. The molecule has 2 aromatic rings. The predicted molar refractivity (Wildman–Crippen MR) is 71.2 cm³/mol. The third-order valence-corrected chi connectivity index (χ3v) is 4.31. The van der Waals surface area contributed by atoms with E-state index in [0.717, 1.165) is 22.3 Å². The SMILES string of the molecule is CCc1nsc(SC(CN)c2ccccn2)n1. The molecule has 0 saturated carbocycles. The summed E-state index contributed by atoms with van der Waals surface area (Å²) in [6, 6.07) is 5.87. The molecule has 2 rings (SSSR count). The molecule has 0 amide bonds. The van der Waals surface area contributed by atoms with Crippen LogP contribution in [0.2, 0.25) is 0 Å². The summed E-state index contributed by atoms with van der Waals surface area (Å²) in [6.45, 7) is 2.60. The molecule has 0 aliphatic rings. The van der Waals surface area contributed by atoms with Crippen LogP contribution in [0.15, 0.2) is 28.7 Å². The molecule has 17 heavy (non-hydrogen) atoms. The highest BCUT2D eigenvalue weighted by atomic mass is 32.2. The Balaban J connectivity index is 2.10. The molecule has 90 valence electrons. The second-order valence-corrected chi connectivity index (χ2v) is 5.63. The zero-order valence-electron chi connectivity index (χ0n) is 9.54. The Morgan fingerprint density at radius 1 is 1.47 bits per heavy atom. The van der Waals surface area contributed by atoms with Crippen LogP contribution in [0.4, 0.5) is 0 Å². The summed E-state index contributed by atoms with van der Waals surface area (Å²) in [5.74, 6) is 0.897. The molecule has 1 atom stereocenters. The Kier molecular flexibility index (Phi) is 4.47. The van der Waals surface area contributed by atoms with Crippen LogP contribution in [0.3, 0.4) is 0 Å². The second-order valence-electron chi connectivity index (χ2n) is 3.43. The number of pyridine rings is 1. The van der Waals surface area contributed by atoms with Gasteiger partial charge in [-0.1, -0.05) is 24.8 Å². The van der Waals surface area contributed by atoms with E-state index in [1.807, 2.05) is 18.2 Å². The molecular weight excluding hydrogens is 252 g/mol. The van der Waals surface area contributed by atoms with Gasteiger partial charge in [0.15, 0.2) is 4.34 Å². The van der Waals surface area contributed by atoms with Gasteiger partial charge in [0.1, 0.15) is 5.82 Å². The fourth-order valence-corrected chi connectivity index (χ4v) is 3.24. The van der Waals surface area contributed by atoms with Crippen LogP contribution < -0.4 is 5.73 Å². The molecule has 0 radical (unpaired) electrons. The maximum Gasteiger partial charge on any atom is 0.170 e. The van der Waals surface area contributed by atoms with Gasteiger partial charge in [0.05, 0.1) is 10.9 Å². The van der Waals surface area contributed by atoms with Gasteiger partial charge in [-0.15, -0.1) is 0 Å². The molecule has 0 bridgehead atoms. The number of nitrogens with zero attached hydrogens (tertiary/aromatic N) is 3. The van der Waals surface area contributed by atoms with Crippen molar-refractivity contribution in [2.24, 2.45) is 5.73 Å². The van der Waals surface area contributed by atoms with E-state index in [9.17, 15) is 0 Å². The molecule has 1 unspecified atom stereocenters. The van der Waals surface area contributed by atoms with Gasteiger partial charge in [-0.25, -0.2) is 4.98 Å². The Morgan fingerprint density at radius 3 is 2.94 bits per heavy atom. The first-order valence-electron chi connectivity index (χ1n) is 5.43. The minimum atomic E-state index is 0.147. The summed E-state index contributed by atoms with van der Waals surface area (Å²) in [4.78, 5) is 8.76. The van der Waals surface area contributed by atoms with E-state index in [2.05, 4.69) is 21.3 Å². The molecule has 2 aromatic heterocycles. The summed E-state index contributed by atoms with van der Waals surface area (Å²) in [7, 11) is 0. The predicted octanol–water partition coefficient (Wildman–Crippen LogP) is 2.29. The zero-order valence-corrected chi connectivity index (χ0v) is 11.2. The van der Waals surface area contributed by atoms with Gasteiger partial charge in [0.25, 0.3) is 0 Å². The Labute approximate surface area is 109 Å². The van der Waals surface area contributed by atoms with E-state index in [0.29, 0.717) is 6.54 Å². The largest absolute Gasteiger partial charge is 0.329 e. The maximum absolute atomic E-state index is 5.79. The molecule has 0 fully saturated rings. The van der Waals surface area contributed by atoms with Gasteiger partial charge in [0, 0.05) is 19.2 Å². The van der Waals surface area contributed by atoms with Crippen LogP contribution in [0, 0.1) is 0 Å². The lowest BCUT2D eigenvalue weighted by atomic mass is 10.3. The molecule has 4 nitrogen and oxygen atoms in total. The number of nitrogens with two attached hydrogens (primary N) is 1. The summed E-state index contributed by atoms with van der Waals surface area (Å²) < 4.78 is 5.23. The number of hydrogen-bond donors (Lipinski definition) is 1. The average Bonchev–Trinajstić information content (AvgIpc) is 2.84. The molecular formula is C11H14N4S2. The van der Waals surface area contributed by atoms with E-state index in [4.69, 9.17) is 5.73 Å². The fraction of sp³-hybridized carbons (Fsp3) is 0.364. The van der Waals surface area contributed by atoms with Crippen molar-refractivity contribution in [2.75, 3.05) is 6.54 Å². The Bertz CT molecular complexity index is 458. The van der Waals surface area contributed by atoms with Crippen LogP contribution in [-0.2, 0) is 6.42 Å². The number of hydrogen-bond acceptors (Lipinski definition) is 6. The lowest BCUT2D eigenvalue weighted by molar-refractivity contribution is 0.894. The molecule has 2 heterocycles. The lowest BCUT2D eigenvalue weighted by Crippen LogP contribution is -2.10. The summed E-state index contributed by atoms with van der Waals surface area (Å²) in [5.41, 5.74) is 6.78. The highest BCUT2D eigenvalue weighted by Gasteiger charge is 2.15. The minimum Gasteiger partial charge on any atom is -0.329 e. The molecule has 0 aliphatic heterocycles. The average molecular weight is 266 g/mol. The molecule has 2 N–H and O–H groups in total.